The molecule has 0 unspecified atom stereocenters. The Kier molecular flexibility index (Phi) is 3.11. The number of benzene rings is 1. The first-order valence-corrected chi connectivity index (χ1v) is 7.35. The van der Waals surface area contributed by atoms with Gasteiger partial charge in [-0.05, 0) is 46.6 Å². The number of pyridine rings is 1. The molecule has 0 amide bonds. The van der Waals surface area contributed by atoms with E-state index in [2.05, 4.69) is 49.8 Å². The van der Waals surface area contributed by atoms with Crippen LogP contribution in [0.25, 0.3) is 16.9 Å². The Morgan fingerprint density at radius 2 is 1.95 bits per heavy atom. The third-order valence-corrected chi connectivity index (χ3v) is 4.56. The van der Waals surface area contributed by atoms with E-state index in [4.69, 9.17) is 5.73 Å². The lowest BCUT2D eigenvalue weighted by Crippen LogP contribution is -1.94. The number of aryl methyl sites for hydroxylation is 1. The zero-order valence-electron chi connectivity index (χ0n) is 10.2. The van der Waals surface area contributed by atoms with E-state index in [1.165, 1.54) is 5.56 Å². The molecule has 3 rings (SSSR count). The maximum atomic E-state index is 6.19. The van der Waals surface area contributed by atoms with Gasteiger partial charge in [-0.2, -0.15) is 0 Å². The molecule has 0 saturated carbocycles. The summed E-state index contributed by atoms with van der Waals surface area (Å²) in [6.45, 7) is 2.05. The second-order valence-electron chi connectivity index (χ2n) is 4.36. The summed E-state index contributed by atoms with van der Waals surface area (Å²) in [5.41, 5.74) is 10.0. The van der Waals surface area contributed by atoms with Crippen LogP contribution in [0, 0.1) is 6.92 Å². The summed E-state index contributed by atoms with van der Waals surface area (Å²) in [7, 11) is 0. The molecule has 19 heavy (non-hydrogen) atoms. The number of aromatic nitrogens is 2. The number of fused-ring (bicyclic) bond motifs is 1. The van der Waals surface area contributed by atoms with Crippen molar-refractivity contribution in [3.63, 3.8) is 0 Å². The molecule has 3 nitrogen and oxygen atoms in total. The van der Waals surface area contributed by atoms with E-state index >= 15 is 0 Å². The Morgan fingerprint density at radius 1 is 1.16 bits per heavy atom. The van der Waals surface area contributed by atoms with E-state index in [1.54, 1.807) is 0 Å². The molecule has 0 bridgehead atoms. The number of hydrogen-bond acceptors (Lipinski definition) is 2. The number of imidazole rings is 1. The molecule has 0 aliphatic rings. The van der Waals surface area contributed by atoms with E-state index < -0.39 is 0 Å². The molecule has 0 atom stereocenters. The van der Waals surface area contributed by atoms with Gasteiger partial charge < -0.3 is 5.73 Å². The molecule has 3 aromatic rings. The van der Waals surface area contributed by atoms with Crippen LogP contribution in [0.1, 0.15) is 5.56 Å². The highest BCUT2D eigenvalue weighted by Gasteiger charge is 2.13. The fraction of sp³-hybridized carbons (Fsp3) is 0.0714. The number of nitrogens with zero attached hydrogens (tertiary/aromatic N) is 2. The molecule has 0 saturated heterocycles. The van der Waals surface area contributed by atoms with Crippen molar-refractivity contribution in [2.45, 2.75) is 6.92 Å². The molecule has 0 fully saturated rings. The summed E-state index contributed by atoms with van der Waals surface area (Å²) >= 11 is 7.04. The van der Waals surface area contributed by atoms with Gasteiger partial charge >= 0.3 is 0 Å². The summed E-state index contributed by atoms with van der Waals surface area (Å²) < 4.78 is 3.87. The molecule has 2 aromatic heterocycles. The lowest BCUT2D eigenvalue weighted by Gasteiger charge is -2.02. The van der Waals surface area contributed by atoms with Crippen LogP contribution in [0.2, 0.25) is 0 Å². The summed E-state index contributed by atoms with van der Waals surface area (Å²) in [5, 5.41) is 0. The van der Waals surface area contributed by atoms with Crippen molar-refractivity contribution in [1.29, 1.82) is 0 Å². The Hall–Kier alpha value is -1.33. The average Bonchev–Trinajstić information content (AvgIpc) is 2.72. The summed E-state index contributed by atoms with van der Waals surface area (Å²) in [4.78, 5) is 4.62. The molecule has 0 spiro atoms. The number of halogens is 2. The van der Waals surface area contributed by atoms with Crippen LogP contribution in [0.3, 0.4) is 0 Å². The predicted octanol–water partition coefficient (Wildman–Crippen LogP) is 4.42. The first-order chi connectivity index (χ1) is 9.08. The monoisotopic (exact) mass is 379 g/mol. The van der Waals surface area contributed by atoms with Crippen molar-refractivity contribution >= 4 is 43.3 Å². The second kappa shape index (κ2) is 4.65. The quantitative estimate of drug-likeness (QED) is 0.679. The van der Waals surface area contributed by atoms with Crippen LogP contribution in [-0.4, -0.2) is 9.38 Å². The summed E-state index contributed by atoms with van der Waals surface area (Å²) in [6.07, 6.45) is 1.91. The van der Waals surface area contributed by atoms with E-state index in [1.807, 2.05) is 34.9 Å². The van der Waals surface area contributed by atoms with Crippen LogP contribution in [-0.2, 0) is 0 Å². The molecule has 2 heterocycles. The van der Waals surface area contributed by atoms with Gasteiger partial charge in [0.15, 0.2) is 5.65 Å². The number of anilines is 1. The number of nitrogens with two attached hydrogens (primary N) is 1. The van der Waals surface area contributed by atoms with Crippen LogP contribution in [0.15, 0.2) is 45.5 Å². The van der Waals surface area contributed by atoms with E-state index in [9.17, 15) is 0 Å². The van der Waals surface area contributed by atoms with E-state index in [-0.39, 0.29) is 0 Å². The third kappa shape index (κ3) is 2.07. The largest absolute Gasteiger partial charge is 0.383 e. The van der Waals surface area contributed by atoms with Crippen molar-refractivity contribution in [1.82, 2.24) is 9.38 Å². The Morgan fingerprint density at radius 3 is 2.63 bits per heavy atom. The second-order valence-corrected chi connectivity index (χ2v) is 6.07. The maximum Gasteiger partial charge on any atom is 0.153 e. The fourth-order valence-corrected chi connectivity index (χ4v) is 2.82. The fourth-order valence-electron chi connectivity index (χ4n) is 2.01. The Bertz CT molecular complexity index is 778. The molecule has 5 heteroatoms. The number of nitrogen functional groups attached to an aromatic ring is 1. The van der Waals surface area contributed by atoms with Gasteiger partial charge in [0.2, 0.25) is 0 Å². The highest BCUT2D eigenvalue weighted by molar-refractivity contribution is 9.11. The molecule has 0 aliphatic heterocycles. The minimum absolute atomic E-state index is 0.645. The van der Waals surface area contributed by atoms with Crippen LogP contribution >= 0.6 is 31.9 Å². The Balaban J connectivity index is 2.28. The highest BCUT2D eigenvalue weighted by Crippen LogP contribution is 2.31. The van der Waals surface area contributed by atoms with E-state index in [0.29, 0.717) is 5.82 Å². The standard InChI is InChI=1S/C14H11Br2N3/c1-8-4-5-9(7-11(8)16)12-13(17)19-6-2-3-10(15)14(19)18-12/h2-7H,17H2,1H3. The van der Waals surface area contributed by atoms with Gasteiger partial charge in [-0.3, -0.25) is 4.40 Å². The summed E-state index contributed by atoms with van der Waals surface area (Å²) in [6, 6.07) is 10.0. The summed E-state index contributed by atoms with van der Waals surface area (Å²) in [5.74, 6) is 0.645. The molecular weight excluding hydrogens is 370 g/mol. The van der Waals surface area contributed by atoms with Gasteiger partial charge in [-0.15, -0.1) is 0 Å². The van der Waals surface area contributed by atoms with E-state index in [0.717, 1.165) is 25.8 Å². The number of hydrogen-bond donors (Lipinski definition) is 1. The van der Waals surface area contributed by atoms with Gasteiger partial charge in [0.25, 0.3) is 0 Å². The zero-order valence-corrected chi connectivity index (χ0v) is 13.4. The smallest absolute Gasteiger partial charge is 0.153 e. The van der Waals surface area contributed by atoms with Crippen molar-refractivity contribution < 1.29 is 0 Å². The first-order valence-electron chi connectivity index (χ1n) is 5.76. The Labute approximate surface area is 127 Å². The van der Waals surface area contributed by atoms with Crippen LogP contribution in [0.5, 0.6) is 0 Å². The lowest BCUT2D eigenvalue weighted by molar-refractivity contribution is 1.19. The lowest BCUT2D eigenvalue weighted by atomic mass is 10.1. The zero-order chi connectivity index (χ0) is 13.6. The molecular formula is C14H11Br2N3. The predicted molar refractivity (Wildman–Crippen MR) is 85.2 cm³/mol. The van der Waals surface area contributed by atoms with Crippen molar-refractivity contribution in [3.8, 4) is 11.3 Å². The van der Waals surface area contributed by atoms with Gasteiger partial charge in [0, 0.05) is 16.2 Å². The molecule has 1 aromatic carbocycles. The average molecular weight is 381 g/mol. The van der Waals surface area contributed by atoms with Crippen molar-refractivity contribution in [2.75, 3.05) is 5.73 Å². The van der Waals surface area contributed by atoms with Crippen LogP contribution < -0.4 is 5.73 Å². The van der Waals surface area contributed by atoms with Gasteiger partial charge in [0.1, 0.15) is 11.5 Å². The van der Waals surface area contributed by atoms with Gasteiger partial charge in [-0.1, -0.05) is 28.1 Å². The van der Waals surface area contributed by atoms with Gasteiger partial charge in [0.05, 0.1) is 4.47 Å². The molecule has 0 radical (unpaired) electrons. The minimum atomic E-state index is 0.645. The first kappa shape index (κ1) is 12.7. The normalized spacial score (nSPS) is 11.1. The number of rotatable bonds is 1. The molecule has 2 N–H and O–H groups in total. The highest BCUT2D eigenvalue weighted by atomic mass is 79.9. The molecule has 0 aliphatic carbocycles. The maximum absolute atomic E-state index is 6.19. The van der Waals surface area contributed by atoms with Crippen LogP contribution in [0.4, 0.5) is 5.82 Å². The molecule has 96 valence electrons. The van der Waals surface area contributed by atoms with Crippen molar-refractivity contribution in [3.05, 3.63) is 51.0 Å². The third-order valence-electron chi connectivity index (χ3n) is 3.08. The SMILES string of the molecule is Cc1ccc(-c2nc3c(Br)cccn3c2N)cc1Br. The van der Waals surface area contributed by atoms with Gasteiger partial charge in [-0.25, -0.2) is 4.98 Å². The van der Waals surface area contributed by atoms with Crippen molar-refractivity contribution in [2.24, 2.45) is 0 Å². The topological polar surface area (TPSA) is 43.3 Å². The minimum Gasteiger partial charge on any atom is -0.383 e.